The third-order valence-electron chi connectivity index (χ3n) is 2.59. The van der Waals surface area contributed by atoms with Crippen molar-refractivity contribution in [2.24, 2.45) is 0 Å². The fourth-order valence-corrected chi connectivity index (χ4v) is 1.75. The first-order valence-electron chi connectivity index (χ1n) is 6.84. The summed E-state index contributed by atoms with van der Waals surface area (Å²) in [7, 11) is 0. The fraction of sp³-hybridized carbons (Fsp3) is 0.375. The molecule has 0 bridgehead atoms. The summed E-state index contributed by atoms with van der Waals surface area (Å²) in [6.45, 7) is 5.94. The Balaban J connectivity index is 1.83. The number of nitrogens with zero attached hydrogens (tertiary/aromatic N) is 1. The van der Waals surface area contributed by atoms with Crippen molar-refractivity contribution in [1.29, 1.82) is 0 Å². The van der Waals surface area contributed by atoms with Gasteiger partial charge in [0, 0.05) is 18.4 Å². The molecule has 2 N–H and O–H groups in total. The quantitative estimate of drug-likeness (QED) is 0.658. The average molecular weight is 285 g/mol. The van der Waals surface area contributed by atoms with Crippen LogP contribution in [0.4, 0.5) is 4.79 Å². The van der Waals surface area contributed by atoms with Crippen molar-refractivity contribution >= 4 is 17.0 Å². The molecule has 0 fully saturated rings. The van der Waals surface area contributed by atoms with Crippen molar-refractivity contribution in [2.75, 3.05) is 6.54 Å². The van der Waals surface area contributed by atoms with Crippen LogP contribution in [0.1, 0.15) is 32.9 Å². The van der Waals surface area contributed by atoms with Gasteiger partial charge >= 0.3 is 6.09 Å². The predicted molar refractivity (Wildman–Crippen MR) is 81.8 cm³/mol. The van der Waals surface area contributed by atoms with Gasteiger partial charge in [0.2, 0.25) is 0 Å². The van der Waals surface area contributed by atoms with Crippen molar-refractivity contribution in [2.45, 2.75) is 32.8 Å². The Morgan fingerprint density at radius 3 is 2.90 bits per heavy atom. The number of hydrogen-bond donors (Lipinski definition) is 2. The van der Waals surface area contributed by atoms with E-state index in [-0.39, 0.29) is 0 Å². The second-order valence-electron chi connectivity index (χ2n) is 5.60. The number of alkyl carbamates (subject to hydrolysis) is 1. The Labute approximate surface area is 124 Å². The molecule has 1 amide bonds. The zero-order chi connectivity index (χ0) is 15.3. The Kier molecular flexibility index (Phi) is 4.49. The third-order valence-corrected chi connectivity index (χ3v) is 2.59. The Morgan fingerprint density at radius 2 is 2.14 bits per heavy atom. The average Bonchev–Trinajstić information content (AvgIpc) is 2.80. The summed E-state index contributed by atoms with van der Waals surface area (Å²) in [5, 5.41) is 10.7. The minimum atomic E-state index is -0.482. The first-order chi connectivity index (χ1) is 9.96. The van der Waals surface area contributed by atoms with Gasteiger partial charge in [-0.25, -0.2) is 4.79 Å². The SMILES string of the molecule is CC(C)(C)OC(=O)NCCC#Cc1[nH]nc2ccccc12. The highest BCUT2D eigenvalue weighted by Crippen LogP contribution is 2.13. The summed E-state index contributed by atoms with van der Waals surface area (Å²) >= 11 is 0. The molecule has 5 heteroatoms. The van der Waals surface area contributed by atoms with Crippen molar-refractivity contribution in [3.05, 3.63) is 30.0 Å². The molecule has 0 radical (unpaired) electrons. The van der Waals surface area contributed by atoms with Crippen LogP contribution in [0.5, 0.6) is 0 Å². The van der Waals surface area contributed by atoms with E-state index >= 15 is 0 Å². The molecular formula is C16H19N3O2. The Hall–Kier alpha value is -2.48. The van der Waals surface area contributed by atoms with E-state index in [2.05, 4.69) is 27.4 Å². The first-order valence-corrected chi connectivity index (χ1v) is 6.84. The van der Waals surface area contributed by atoms with Crippen LogP contribution in [0.25, 0.3) is 10.9 Å². The fourth-order valence-electron chi connectivity index (χ4n) is 1.75. The molecule has 0 unspecified atom stereocenters. The number of nitrogens with one attached hydrogen (secondary N) is 2. The van der Waals surface area contributed by atoms with Gasteiger partial charge in [-0.15, -0.1) is 0 Å². The number of amides is 1. The maximum absolute atomic E-state index is 11.4. The van der Waals surface area contributed by atoms with Crippen LogP contribution < -0.4 is 5.32 Å². The minimum Gasteiger partial charge on any atom is -0.444 e. The van der Waals surface area contributed by atoms with Crippen LogP contribution in [-0.4, -0.2) is 28.4 Å². The molecule has 0 saturated carbocycles. The monoisotopic (exact) mass is 285 g/mol. The van der Waals surface area contributed by atoms with Gasteiger partial charge in [0.1, 0.15) is 11.3 Å². The molecule has 2 aromatic rings. The number of aromatic nitrogens is 2. The molecule has 5 nitrogen and oxygen atoms in total. The molecule has 110 valence electrons. The van der Waals surface area contributed by atoms with Crippen LogP contribution in [0, 0.1) is 11.8 Å². The number of rotatable bonds is 2. The van der Waals surface area contributed by atoms with Gasteiger partial charge in [0.25, 0.3) is 0 Å². The van der Waals surface area contributed by atoms with Gasteiger partial charge in [0.15, 0.2) is 0 Å². The number of carbonyl (C=O) groups excluding carboxylic acids is 1. The number of ether oxygens (including phenoxy) is 1. The van der Waals surface area contributed by atoms with E-state index in [9.17, 15) is 4.79 Å². The van der Waals surface area contributed by atoms with E-state index in [1.54, 1.807) is 0 Å². The third kappa shape index (κ3) is 4.53. The lowest BCUT2D eigenvalue weighted by Gasteiger charge is -2.19. The van der Waals surface area contributed by atoms with E-state index in [0.717, 1.165) is 16.6 Å². The minimum absolute atomic E-state index is 0.420. The molecular weight excluding hydrogens is 266 g/mol. The van der Waals surface area contributed by atoms with E-state index < -0.39 is 11.7 Å². The van der Waals surface area contributed by atoms with Gasteiger partial charge in [-0.1, -0.05) is 18.1 Å². The maximum atomic E-state index is 11.4. The summed E-state index contributed by atoms with van der Waals surface area (Å²) in [4.78, 5) is 11.4. The molecule has 0 spiro atoms. The smallest absolute Gasteiger partial charge is 0.407 e. The van der Waals surface area contributed by atoms with Crippen LogP contribution in [-0.2, 0) is 4.74 Å². The highest BCUT2D eigenvalue weighted by Gasteiger charge is 2.15. The normalized spacial score (nSPS) is 10.8. The molecule has 21 heavy (non-hydrogen) atoms. The molecule has 1 aromatic carbocycles. The second kappa shape index (κ2) is 6.31. The number of H-pyrrole nitrogens is 1. The summed E-state index contributed by atoms with van der Waals surface area (Å²) in [6.07, 6.45) is 0.128. The number of aromatic amines is 1. The van der Waals surface area contributed by atoms with Gasteiger partial charge in [-0.3, -0.25) is 5.10 Å². The summed E-state index contributed by atoms with van der Waals surface area (Å²) < 4.78 is 5.13. The van der Waals surface area contributed by atoms with Crippen LogP contribution in [0.15, 0.2) is 24.3 Å². The number of hydrogen-bond acceptors (Lipinski definition) is 3. The highest BCUT2D eigenvalue weighted by atomic mass is 16.6. The second-order valence-corrected chi connectivity index (χ2v) is 5.60. The summed E-state index contributed by atoms with van der Waals surface area (Å²) in [5.74, 6) is 6.04. The molecule has 0 atom stereocenters. The molecule has 0 aliphatic rings. The Morgan fingerprint density at radius 1 is 1.38 bits per heavy atom. The highest BCUT2D eigenvalue weighted by molar-refractivity contribution is 5.83. The lowest BCUT2D eigenvalue weighted by atomic mass is 10.2. The van der Waals surface area contributed by atoms with Crippen molar-refractivity contribution < 1.29 is 9.53 Å². The molecule has 0 aliphatic heterocycles. The summed E-state index contributed by atoms with van der Waals surface area (Å²) in [5.41, 5.74) is 1.21. The van der Waals surface area contributed by atoms with Crippen molar-refractivity contribution in [3.8, 4) is 11.8 Å². The molecule has 0 aliphatic carbocycles. The predicted octanol–water partition coefficient (Wildman–Crippen LogP) is 2.83. The lowest BCUT2D eigenvalue weighted by molar-refractivity contribution is 0.0529. The van der Waals surface area contributed by atoms with E-state index in [1.165, 1.54) is 0 Å². The van der Waals surface area contributed by atoms with Crippen molar-refractivity contribution in [3.63, 3.8) is 0 Å². The van der Waals surface area contributed by atoms with Crippen LogP contribution in [0.2, 0.25) is 0 Å². The molecule has 2 rings (SSSR count). The van der Waals surface area contributed by atoms with E-state index in [1.807, 2.05) is 45.0 Å². The number of benzene rings is 1. The van der Waals surface area contributed by atoms with Gasteiger partial charge in [-0.2, -0.15) is 5.10 Å². The molecule has 0 saturated heterocycles. The largest absolute Gasteiger partial charge is 0.444 e. The summed E-state index contributed by atoms with van der Waals surface area (Å²) in [6, 6.07) is 7.79. The first kappa shape index (κ1) is 14.9. The standard InChI is InChI=1S/C16H19N3O2/c1-16(2,3)21-15(20)17-11-7-6-10-14-12-8-4-5-9-13(12)18-19-14/h4-5,8-9H,7,11H2,1-3H3,(H,17,20)(H,18,19). The topological polar surface area (TPSA) is 67.0 Å². The van der Waals surface area contributed by atoms with Crippen LogP contribution >= 0.6 is 0 Å². The van der Waals surface area contributed by atoms with Gasteiger partial charge < -0.3 is 10.1 Å². The zero-order valence-corrected chi connectivity index (χ0v) is 12.5. The van der Waals surface area contributed by atoms with Crippen molar-refractivity contribution in [1.82, 2.24) is 15.5 Å². The Bertz CT molecular complexity index is 687. The maximum Gasteiger partial charge on any atom is 0.407 e. The van der Waals surface area contributed by atoms with Gasteiger partial charge in [-0.05, 0) is 38.8 Å². The zero-order valence-electron chi connectivity index (χ0n) is 12.5. The lowest BCUT2D eigenvalue weighted by Crippen LogP contribution is -2.32. The number of para-hydroxylation sites is 1. The number of carbonyl (C=O) groups is 1. The number of fused-ring (bicyclic) bond motifs is 1. The van der Waals surface area contributed by atoms with Crippen LogP contribution in [0.3, 0.4) is 0 Å². The van der Waals surface area contributed by atoms with E-state index in [0.29, 0.717) is 13.0 Å². The van der Waals surface area contributed by atoms with Gasteiger partial charge in [0.05, 0.1) is 5.52 Å². The molecule has 1 heterocycles. The van der Waals surface area contributed by atoms with E-state index in [4.69, 9.17) is 4.74 Å². The molecule has 1 aromatic heterocycles.